The fourth-order valence-corrected chi connectivity index (χ4v) is 2.41. The van der Waals surface area contributed by atoms with Crippen LogP contribution < -0.4 is 5.32 Å². The van der Waals surface area contributed by atoms with Crippen molar-refractivity contribution in [2.45, 2.75) is 25.3 Å². The molecule has 4 nitrogen and oxygen atoms in total. The van der Waals surface area contributed by atoms with Crippen LogP contribution in [0.4, 0.5) is 0 Å². The van der Waals surface area contributed by atoms with E-state index in [0.29, 0.717) is 25.9 Å². The van der Waals surface area contributed by atoms with Gasteiger partial charge in [-0.15, -0.1) is 6.58 Å². The normalized spacial score (nSPS) is 18.1. The largest absolute Gasteiger partial charge is 0.351 e. The molecular weight excluding hydrogens is 252 g/mol. The highest BCUT2D eigenvalue weighted by Gasteiger charge is 2.29. The standard InChI is InChI=1S/C16H20N2O2/c1-2-6-15(19)17-14-11-16(20)18(12-14)10-9-13-7-4-3-5-8-13/h2-5,7-8,14H,1,6,9-12H2,(H,17,19)/t14-/m1/s1. The van der Waals surface area contributed by atoms with Gasteiger partial charge in [-0.25, -0.2) is 0 Å². The predicted molar refractivity (Wildman–Crippen MR) is 78.1 cm³/mol. The molecule has 4 heteroatoms. The van der Waals surface area contributed by atoms with Crippen molar-refractivity contribution in [3.05, 3.63) is 48.6 Å². The number of amides is 2. The van der Waals surface area contributed by atoms with Gasteiger partial charge in [0.1, 0.15) is 0 Å². The lowest BCUT2D eigenvalue weighted by Gasteiger charge is -2.17. The molecule has 1 aromatic rings. The molecule has 1 aromatic carbocycles. The van der Waals surface area contributed by atoms with E-state index in [4.69, 9.17) is 0 Å². The Kier molecular flexibility index (Phi) is 4.93. The second-order valence-corrected chi connectivity index (χ2v) is 5.04. The summed E-state index contributed by atoms with van der Waals surface area (Å²) >= 11 is 0. The van der Waals surface area contributed by atoms with Crippen LogP contribution in [0.5, 0.6) is 0 Å². The molecule has 1 heterocycles. The summed E-state index contributed by atoms with van der Waals surface area (Å²) in [6.45, 7) is 4.84. The van der Waals surface area contributed by atoms with Crippen LogP contribution in [-0.4, -0.2) is 35.8 Å². The van der Waals surface area contributed by atoms with E-state index < -0.39 is 0 Å². The predicted octanol–water partition coefficient (Wildman–Crippen LogP) is 1.52. The molecule has 0 unspecified atom stereocenters. The first-order valence-electron chi connectivity index (χ1n) is 6.91. The van der Waals surface area contributed by atoms with Crippen LogP contribution in [0.1, 0.15) is 18.4 Å². The Labute approximate surface area is 119 Å². The molecule has 1 aliphatic heterocycles. The number of rotatable bonds is 6. The monoisotopic (exact) mass is 272 g/mol. The van der Waals surface area contributed by atoms with Crippen molar-refractivity contribution in [1.82, 2.24) is 10.2 Å². The molecule has 0 spiro atoms. The van der Waals surface area contributed by atoms with Gasteiger partial charge in [0.15, 0.2) is 0 Å². The number of carbonyl (C=O) groups excluding carboxylic acids is 2. The molecule has 2 amide bonds. The van der Waals surface area contributed by atoms with Gasteiger partial charge in [-0.3, -0.25) is 9.59 Å². The molecule has 20 heavy (non-hydrogen) atoms. The van der Waals surface area contributed by atoms with Crippen LogP contribution in [-0.2, 0) is 16.0 Å². The Hall–Kier alpha value is -2.10. The van der Waals surface area contributed by atoms with E-state index in [1.807, 2.05) is 23.1 Å². The molecule has 1 N–H and O–H groups in total. The molecule has 0 aliphatic carbocycles. The summed E-state index contributed by atoms with van der Waals surface area (Å²) in [6.07, 6.45) is 3.12. The van der Waals surface area contributed by atoms with Gasteiger partial charge in [0.05, 0.1) is 6.04 Å². The van der Waals surface area contributed by atoms with E-state index in [9.17, 15) is 9.59 Å². The minimum Gasteiger partial charge on any atom is -0.351 e. The van der Waals surface area contributed by atoms with Gasteiger partial charge in [-0.2, -0.15) is 0 Å². The SMILES string of the molecule is C=CCC(=O)N[C@@H]1CC(=O)N(CCc2ccccc2)C1. The first kappa shape index (κ1) is 14.3. The van der Waals surface area contributed by atoms with E-state index in [1.165, 1.54) is 5.56 Å². The Morgan fingerprint density at radius 2 is 2.15 bits per heavy atom. The van der Waals surface area contributed by atoms with Gasteiger partial charge < -0.3 is 10.2 Å². The Bertz CT molecular complexity index is 485. The maximum Gasteiger partial charge on any atom is 0.224 e. The molecule has 1 atom stereocenters. The Morgan fingerprint density at radius 1 is 1.40 bits per heavy atom. The first-order chi connectivity index (χ1) is 9.69. The van der Waals surface area contributed by atoms with E-state index in [-0.39, 0.29) is 17.9 Å². The zero-order chi connectivity index (χ0) is 14.4. The highest BCUT2D eigenvalue weighted by molar-refractivity contribution is 5.82. The number of nitrogens with one attached hydrogen (secondary N) is 1. The topological polar surface area (TPSA) is 49.4 Å². The van der Waals surface area contributed by atoms with Crippen LogP contribution in [0.3, 0.4) is 0 Å². The third-order valence-corrected chi connectivity index (χ3v) is 3.42. The number of likely N-dealkylation sites (tertiary alicyclic amines) is 1. The van der Waals surface area contributed by atoms with Gasteiger partial charge in [0.25, 0.3) is 0 Å². The molecule has 0 saturated carbocycles. The molecule has 106 valence electrons. The Balaban J connectivity index is 1.80. The average molecular weight is 272 g/mol. The summed E-state index contributed by atoms with van der Waals surface area (Å²) in [7, 11) is 0. The lowest BCUT2D eigenvalue weighted by Crippen LogP contribution is -2.37. The summed E-state index contributed by atoms with van der Waals surface area (Å²) < 4.78 is 0. The second kappa shape index (κ2) is 6.89. The molecule has 0 radical (unpaired) electrons. The van der Waals surface area contributed by atoms with Gasteiger partial charge in [0.2, 0.25) is 11.8 Å². The van der Waals surface area contributed by atoms with E-state index in [1.54, 1.807) is 6.08 Å². The van der Waals surface area contributed by atoms with Crippen LogP contribution in [0.15, 0.2) is 43.0 Å². The molecule has 1 fully saturated rings. The van der Waals surface area contributed by atoms with E-state index >= 15 is 0 Å². The summed E-state index contributed by atoms with van der Waals surface area (Å²) in [5, 5.41) is 2.87. The highest BCUT2D eigenvalue weighted by Crippen LogP contribution is 2.12. The molecule has 1 saturated heterocycles. The van der Waals surface area contributed by atoms with Crippen molar-refractivity contribution >= 4 is 11.8 Å². The van der Waals surface area contributed by atoms with Crippen molar-refractivity contribution in [2.75, 3.05) is 13.1 Å². The van der Waals surface area contributed by atoms with Crippen LogP contribution in [0, 0.1) is 0 Å². The molecule has 0 aromatic heterocycles. The zero-order valence-electron chi connectivity index (χ0n) is 11.5. The average Bonchev–Trinajstić information content (AvgIpc) is 2.78. The summed E-state index contributed by atoms with van der Waals surface area (Å²) in [4.78, 5) is 25.2. The lowest BCUT2D eigenvalue weighted by molar-refractivity contribution is -0.127. The molecule has 1 aliphatic rings. The van der Waals surface area contributed by atoms with Gasteiger partial charge >= 0.3 is 0 Å². The number of carbonyl (C=O) groups is 2. The van der Waals surface area contributed by atoms with Crippen molar-refractivity contribution < 1.29 is 9.59 Å². The van der Waals surface area contributed by atoms with Crippen molar-refractivity contribution in [1.29, 1.82) is 0 Å². The van der Waals surface area contributed by atoms with E-state index in [2.05, 4.69) is 24.0 Å². The number of nitrogens with zero attached hydrogens (tertiary/aromatic N) is 1. The maximum absolute atomic E-state index is 11.9. The molecular formula is C16H20N2O2. The number of hydrogen-bond donors (Lipinski definition) is 1. The first-order valence-corrected chi connectivity index (χ1v) is 6.91. The quantitative estimate of drug-likeness (QED) is 0.798. The van der Waals surface area contributed by atoms with Crippen molar-refractivity contribution in [2.24, 2.45) is 0 Å². The van der Waals surface area contributed by atoms with Crippen LogP contribution in [0.2, 0.25) is 0 Å². The van der Waals surface area contributed by atoms with Crippen LogP contribution in [0.25, 0.3) is 0 Å². The minimum atomic E-state index is -0.0669. The highest BCUT2D eigenvalue weighted by atomic mass is 16.2. The summed E-state index contributed by atoms with van der Waals surface area (Å²) in [5.74, 6) is 0.0487. The minimum absolute atomic E-state index is 0.0641. The number of benzene rings is 1. The maximum atomic E-state index is 11.9. The lowest BCUT2D eigenvalue weighted by atomic mass is 10.1. The summed E-state index contributed by atoms with van der Waals surface area (Å²) in [5.41, 5.74) is 1.22. The molecule has 0 bridgehead atoms. The third kappa shape index (κ3) is 3.95. The molecule has 2 rings (SSSR count). The van der Waals surface area contributed by atoms with Gasteiger partial charge in [-0.05, 0) is 12.0 Å². The van der Waals surface area contributed by atoms with Crippen molar-refractivity contribution in [3.63, 3.8) is 0 Å². The summed E-state index contributed by atoms with van der Waals surface area (Å²) in [6, 6.07) is 10.0. The van der Waals surface area contributed by atoms with Crippen molar-refractivity contribution in [3.8, 4) is 0 Å². The Morgan fingerprint density at radius 3 is 2.85 bits per heavy atom. The van der Waals surface area contributed by atoms with Crippen LogP contribution >= 0.6 is 0 Å². The fraction of sp³-hybridized carbons (Fsp3) is 0.375. The fourth-order valence-electron chi connectivity index (χ4n) is 2.41. The third-order valence-electron chi connectivity index (χ3n) is 3.42. The number of hydrogen-bond acceptors (Lipinski definition) is 2. The van der Waals surface area contributed by atoms with Gasteiger partial charge in [-0.1, -0.05) is 36.4 Å². The second-order valence-electron chi connectivity index (χ2n) is 5.04. The van der Waals surface area contributed by atoms with E-state index in [0.717, 1.165) is 6.42 Å². The van der Waals surface area contributed by atoms with Gasteiger partial charge in [0, 0.05) is 25.9 Å². The smallest absolute Gasteiger partial charge is 0.224 e. The zero-order valence-corrected chi connectivity index (χ0v) is 11.5.